The monoisotopic (exact) mass is 291 g/mol. The van der Waals surface area contributed by atoms with Crippen molar-refractivity contribution in [2.75, 3.05) is 13.2 Å². The van der Waals surface area contributed by atoms with Crippen LogP contribution in [0, 0.1) is 5.82 Å². The van der Waals surface area contributed by atoms with Crippen molar-refractivity contribution in [3.05, 3.63) is 35.1 Å². The van der Waals surface area contributed by atoms with Gasteiger partial charge in [-0.25, -0.2) is 4.39 Å². The van der Waals surface area contributed by atoms with Gasteiger partial charge in [0.2, 0.25) is 0 Å². The van der Waals surface area contributed by atoms with E-state index in [2.05, 4.69) is 5.32 Å². The summed E-state index contributed by atoms with van der Waals surface area (Å²) in [6, 6.07) is 3.08. The number of hydrogen-bond acceptors (Lipinski definition) is 2. The molecular formula is C14H17F4NO. The van der Waals surface area contributed by atoms with Crippen molar-refractivity contribution in [1.29, 1.82) is 0 Å². The molecule has 112 valence electrons. The third-order valence-corrected chi connectivity index (χ3v) is 3.33. The maximum absolute atomic E-state index is 13.1. The summed E-state index contributed by atoms with van der Waals surface area (Å²) >= 11 is 0. The Morgan fingerprint density at radius 1 is 1.30 bits per heavy atom. The van der Waals surface area contributed by atoms with Gasteiger partial charge < -0.3 is 10.1 Å². The van der Waals surface area contributed by atoms with Crippen LogP contribution in [0.2, 0.25) is 0 Å². The van der Waals surface area contributed by atoms with Crippen LogP contribution in [0.4, 0.5) is 17.6 Å². The molecule has 0 aromatic heterocycles. The van der Waals surface area contributed by atoms with Gasteiger partial charge in [0.1, 0.15) is 5.82 Å². The Labute approximate surface area is 115 Å². The molecule has 1 heterocycles. The Morgan fingerprint density at radius 2 is 2.10 bits per heavy atom. The lowest BCUT2D eigenvalue weighted by Crippen LogP contribution is -2.20. The van der Waals surface area contributed by atoms with Crippen molar-refractivity contribution in [1.82, 2.24) is 5.32 Å². The van der Waals surface area contributed by atoms with Crippen LogP contribution >= 0.6 is 0 Å². The molecule has 0 spiro atoms. The Bertz CT molecular complexity index is 441. The molecule has 1 atom stereocenters. The first-order valence-corrected chi connectivity index (χ1v) is 6.65. The van der Waals surface area contributed by atoms with Crippen LogP contribution in [0.15, 0.2) is 18.2 Å². The zero-order valence-corrected chi connectivity index (χ0v) is 11.0. The first-order chi connectivity index (χ1) is 9.47. The van der Waals surface area contributed by atoms with Crippen LogP contribution in [0.25, 0.3) is 0 Å². The molecule has 0 saturated carbocycles. The Kier molecular flexibility index (Phi) is 4.99. The first kappa shape index (κ1) is 15.3. The van der Waals surface area contributed by atoms with Gasteiger partial charge in [0.05, 0.1) is 11.7 Å². The molecule has 1 aliphatic rings. The van der Waals surface area contributed by atoms with E-state index in [-0.39, 0.29) is 12.6 Å². The van der Waals surface area contributed by atoms with Gasteiger partial charge in [0.25, 0.3) is 0 Å². The number of nitrogens with one attached hydrogen (secondary N) is 1. The minimum absolute atomic E-state index is 0.251. The lowest BCUT2D eigenvalue weighted by atomic mass is 10.1. The van der Waals surface area contributed by atoms with E-state index in [4.69, 9.17) is 4.74 Å². The van der Waals surface area contributed by atoms with Crippen LogP contribution in [0.5, 0.6) is 0 Å². The lowest BCUT2D eigenvalue weighted by molar-refractivity contribution is -0.140. The van der Waals surface area contributed by atoms with Gasteiger partial charge in [-0.3, -0.25) is 0 Å². The molecule has 1 unspecified atom stereocenters. The molecule has 20 heavy (non-hydrogen) atoms. The number of rotatable bonds is 5. The normalized spacial score (nSPS) is 19.5. The second-order valence-corrected chi connectivity index (χ2v) is 4.91. The highest BCUT2D eigenvalue weighted by Crippen LogP contribution is 2.31. The Balaban J connectivity index is 1.83. The van der Waals surface area contributed by atoms with E-state index in [0.29, 0.717) is 12.1 Å². The lowest BCUT2D eigenvalue weighted by Gasteiger charge is -2.12. The fourth-order valence-electron chi connectivity index (χ4n) is 2.27. The molecule has 0 radical (unpaired) electrons. The first-order valence-electron chi connectivity index (χ1n) is 6.65. The van der Waals surface area contributed by atoms with Gasteiger partial charge in [-0.1, -0.05) is 6.07 Å². The molecule has 2 nitrogen and oxygen atoms in total. The highest BCUT2D eigenvalue weighted by atomic mass is 19.4. The average Bonchev–Trinajstić information content (AvgIpc) is 2.88. The predicted octanol–water partition coefficient (Wildman–Crippen LogP) is 3.50. The van der Waals surface area contributed by atoms with Gasteiger partial charge in [0, 0.05) is 13.2 Å². The third kappa shape index (κ3) is 4.18. The molecule has 0 amide bonds. The molecule has 1 saturated heterocycles. The van der Waals surface area contributed by atoms with Crippen molar-refractivity contribution in [3.8, 4) is 0 Å². The van der Waals surface area contributed by atoms with Crippen LogP contribution in [-0.4, -0.2) is 19.3 Å². The van der Waals surface area contributed by atoms with E-state index in [1.165, 1.54) is 6.07 Å². The number of hydrogen-bond donors (Lipinski definition) is 1. The van der Waals surface area contributed by atoms with Crippen molar-refractivity contribution < 1.29 is 22.3 Å². The minimum Gasteiger partial charge on any atom is -0.378 e. The summed E-state index contributed by atoms with van der Waals surface area (Å²) in [7, 11) is 0. The molecule has 2 rings (SSSR count). The molecule has 0 bridgehead atoms. The number of halogens is 4. The summed E-state index contributed by atoms with van der Waals surface area (Å²) < 4.78 is 56.2. The van der Waals surface area contributed by atoms with Crippen molar-refractivity contribution >= 4 is 0 Å². The van der Waals surface area contributed by atoms with E-state index >= 15 is 0 Å². The molecule has 1 aromatic rings. The summed E-state index contributed by atoms with van der Waals surface area (Å²) in [6.07, 6.45) is -1.46. The average molecular weight is 291 g/mol. The van der Waals surface area contributed by atoms with E-state index in [0.717, 1.165) is 38.0 Å². The third-order valence-electron chi connectivity index (χ3n) is 3.33. The highest BCUT2D eigenvalue weighted by molar-refractivity contribution is 5.27. The standard InChI is InChI=1S/C14H17F4NO/c15-13-4-3-10(8-12(13)14(16,17)18)9-19-6-5-11-2-1-7-20-11/h3-4,8,11,19H,1-2,5-7,9H2. The van der Waals surface area contributed by atoms with E-state index in [9.17, 15) is 17.6 Å². The predicted molar refractivity (Wildman–Crippen MR) is 66.7 cm³/mol. The molecule has 1 fully saturated rings. The molecule has 6 heteroatoms. The number of ether oxygens (including phenoxy) is 1. The fourth-order valence-corrected chi connectivity index (χ4v) is 2.27. The summed E-state index contributed by atoms with van der Waals surface area (Å²) in [6.45, 7) is 1.75. The summed E-state index contributed by atoms with van der Waals surface area (Å²) in [5.41, 5.74) is -0.790. The smallest absolute Gasteiger partial charge is 0.378 e. The zero-order chi connectivity index (χ0) is 14.6. The SMILES string of the molecule is Fc1ccc(CNCCC2CCCO2)cc1C(F)(F)F. The highest BCUT2D eigenvalue weighted by Gasteiger charge is 2.34. The summed E-state index contributed by atoms with van der Waals surface area (Å²) in [5, 5.41) is 3.06. The number of alkyl halides is 3. The second kappa shape index (κ2) is 6.54. The largest absolute Gasteiger partial charge is 0.419 e. The van der Waals surface area contributed by atoms with Gasteiger partial charge in [-0.2, -0.15) is 13.2 Å². The van der Waals surface area contributed by atoms with Crippen molar-refractivity contribution in [2.24, 2.45) is 0 Å². The molecule has 1 aromatic carbocycles. The zero-order valence-electron chi connectivity index (χ0n) is 11.0. The fraction of sp³-hybridized carbons (Fsp3) is 0.571. The second-order valence-electron chi connectivity index (χ2n) is 4.91. The van der Waals surface area contributed by atoms with Gasteiger partial charge >= 0.3 is 6.18 Å². The van der Waals surface area contributed by atoms with Gasteiger partial charge in [-0.05, 0) is 43.5 Å². The number of benzene rings is 1. The minimum atomic E-state index is -4.65. The van der Waals surface area contributed by atoms with E-state index in [1.54, 1.807) is 0 Å². The summed E-state index contributed by atoms with van der Waals surface area (Å²) in [4.78, 5) is 0. The van der Waals surface area contributed by atoms with E-state index < -0.39 is 17.6 Å². The maximum Gasteiger partial charge on any atom is 0.419 e. The van der Waals surface area contributed by atoms with Crippen LogP contribution < -0.4 is 5.32 Å². The van der Waals surface area contributed by atoms with E-state index in [1.807, 2.05) is 0 Å². The van der Waals surface area contributed by atoms with Gasteiger partial charge in [-0.15, -0.1) is 0 Å². The van der Waals surface area contributed by atoms with Crippen molar-refractivity contribution in [3.63, 3.8) is 0 Å². The van der Waals surface area contributed by atoms with Gasteiger partial charge in [0.15, 0.2) is 0 Å². The Morgan fingerprint density at radius 3 is 2.75 bits per heavy atom. The van der Waals surface area contributed by atoms with Crippen LogP contribution in [0.3, 0.4) is 0 Å². The Hall–Kier alpha value is -1.14. The molecule has 1 aliphatic heterocycles. The van der Waals surface area contributed by atoms with Crippen LogP contribution in [-0.2, 0) is 17.5 Å². The van der Waals surface area contributed by atoms with Crippen molar-refractivity contribution in [2.45, 2.75) is 38.1 Å². The molecule has 0 aliphatic carbocycles. The topological polar surface area (TPSA) is 21.3 Å². The molecule has 1 N–H and O–H groups in total. The van der Waals surface area contributed by atoms with Crippen LogP contribution in [0.1, 0.15) is 30.4 Å². The molecular weight excluding hydrogens is 274 g/mol. The summed E-state index contributed by atoms with van der Waals surface area (Å²) in [5.74, 6) is -1.24. The quantitative estimate of drug-likeness (QED) is 0.662. The maximum atomic E-state index is 13.1.